The maximum Gasteiger partial charge on any atom is 0.133 e. The van der Waals surface area contributed by atoms with Gasteiger partial charge in [-0.25, -0.2) is 9.97 Å². The fraction of sp³-hybridized carbons (Fsp3) is 0.692. The molecule has 0 aromatic carbocycles. The van der Waals surface area contributed by atoms with E-state index >= 15 is 0 Å². The predicted molar refractivity (Wildman–Crippen MR) is 68.1 cm³/mol. The Labute approximate surface area is 102 Å². The second-order valence-electron chi connectivity index (χ2n) is 4.97. The minimum Gasteiger partial charge on any atom is -0.367 e. The molecule has 1 aliphatic carbocycles. The number of rotatable bonds is 3. The van der Waals surface area contributed by atoms with E-state index in [-0.39, 0.29) is 0 Å². The molecular weight excluding hydrogens is 212 g/mol. The van der Waals surface area contributed by atoms with Crippen LogP contribution in [0.15, 0.2) is 0 Å². The lowest BCUT2D eigenvalue weighted by Gasteiger charge is -2.29. The molecule has 2 aliphatic rings. The van der Waals surface area contributed by atoms with Crippen molar-refractivity contribution >= 4 is 5.82 Å². The summed E-state index contributed by atoms with van der Waals surface area (Å²) in [6.45, 7) is 4.05. The molecule has 92 valence electrons. The van der Waals surface area contributed by atoms with Crippen molar-refractivity contribution in [2.75, 3.05) is 11.9 Å². The predicted octanol–water partition coefficient (Wildman–Crippen LogP) is 1.65. The number of fused-ring (bicyclic) bond motifs is 1. The molecule has 2 heterocycles. The maximum atomic E-state index is 4.68. The van der Waals surface area contributed by atoms with Gasteiger partial charge in [-0.3, -0.25) is 0 Å². The van der Waals surface area contributed by atoms with E-state index < -0.39 is 0 Å². The monoisotopic (exact) mass is 232 g/mol. The molecule has 1 saturated carbocycles. The lowest BCUT2D eigenvalue weighted by molar-refractivity contribution is 0.443. The van der Waals surface area contributed by atoms with Gasteiger partial charge in [-0.15, -0.1) is 0 Å². The third-order valence-corrected chi connectivity index (χ3v) is 3.75. The van der Waals surface area contributed by atoms with E-state index in [1.165, 1.54) is 30.5 Å². The van der Waals surface area contributed by atoms with E-state index in [0.717, 1.165) is 37.6 Å². The molecule has 0 amide bonds. The van der Waals surface area contributed by atoms with Gasteiger partial charge >= 0.3 is 0 Å². The molecule has 1 aromatic heterocycles. The highest BCUT2D eigenvalue weighted by Gasteiger charge is 2.22. The Morgan fingerprint density at radius 2 is 2.24 bits per heavy atom. The molecule has 1 fully saturated rings. The topological polar surface area (TPSA) is 49.8 Å². The Morgan fingerprint density at radius 1 is 1.35 bits per heavy atom. The summed E-state index contributed by atoms with van der Waals surface area (Å²) in [5.41, 5.74) is 2.54. The molecule has 3 rings (SSSR count). The Balaban J connectivity index is 1.92. The Bertz CT molecular complexity index is 412. The van der Waals surface area contributed by atoms with Crippen LogP contribution >= 0.6 is 0 Å². The molecule has 2 N–H and O–H groups in total. The Kier molecular flexibility index (Phi) is 2.97. The van der Waals surface area contributed by atoms with Gasteiger partial charge in [0, 0.05) is 24.6 Å². The van der Waals surface area contributed by atoms with Crippen LogP contribution in [0.2, 0.25) is 0 Å². The van der Waals surface area contributed by atoms with Crippen LogP contribution in [0.3, 0.4) is 0 Å². The number of nitrogens with zero attached hydrogens (tertiary/aromatic N) is 2. The Morgan fingerprint density at radius 3 is 2.94 bits per heavy atom. The highest BCUT2D eigenvalue weighted by atomic mass is 15.1. The molecule has 4 nitrogen and oxygen atoms in total. The third kappa shape index (κ3) is 2.14. The van der Waals surface area contributed by atoms with Crippen LogP contribution in [-0.4, -0.2) is 22.6 Å². The van der Waals surface area contributed by atoms with Crippen LogP contribution < -0.4 is 10.6 Å². The number of aryl methyl sites for hydroxylation is 1. The third-order valence-electron chi connectivity index (χ3n) is 3.75. The van der Waals surface area contributed by atoms with Crippen molar-refractivity contribution in [3.05, 3.63) is 17.1 Å². The van der Waals surface area contributed by atoms with Gasteiger partial charge in [0.25, 0.3) is 0 Å². The summed E-state index contributed by atoms with van der Waals surface area (Å²) in [5.74, 6) is 2.08. The summed E-state index contributed by atoms with van der Waals surface area (Å²) in [5, 5.41) is 6.99. The highest BCUT2D eigenvalue weighted by Crippen LogP contribution is 2.26. The zero-order valence-corrected chi connectivity index (χ0v) is 10.4. The summed E-state index contributed by atoms with van der Waals surface area (Å²) in [4.78, 5) is 9.31. The van der Waals surface area contributed by atoms with Gasteiger partial charge in [0.2, 0.25) is 0 Å². The van der Waals surface area contributed by atoms with Gasteiger partial charge in [-0.05, 0) is 32.2 Å². The van der Waals surface area contributed by atoms with E-state index in [0.29, 0.717) is 6.04 Å². The lowest BCUT2D eigenvalue weighted by Crippen LogP contribution is -2.31. The van der Waals surface area contributed by atoms with Gasteiger partial charge in [0.05, 0.1) is 5.69 Å². The Hall–Kier alpha value is -1.16. The minimum atomic E-state index is 0.647. The van der Waals surface area contributed by atoms with Gasteiger partial charge in [0.15, 0.2) is 0 Å². The minimum absolute atomic E-state index is 0.647. The van der Waals surface area contributed by atoms with Gasteiger partial charge < -0.3 is 10.6 Å². The van der Waals surface area contributed by atoms with Crippen LogP contribution in [0.25, 0.3) is 0 Å². The molecule has 0 atom stereocenters. The van der Waals surface area contributed by atoms with Crippen molar-refractivity contribution in [2.45, 2.75) is 51.6 Å². The van der Waals surface area contributed by atoms with Crippen LogP contribution in [0.4, 0.5) is 5.82 Å². The molecule has 4 heteroatoms. The zero-order chi connectivity index (χ0) is 11.7. The summed E-state index contributed by atoms with van der Waals surface area (Å²) >= 11 is 0. The summed E-state index contributed by atoms with van der Waals surface area (Å²) in [7, 11) is 0. The summed E-state index contributed by atoms with van der Waals surface area (Å²) in [6, 6.07) is 0.647. The van der Waals surface area contributed by atoms with E-state index in [4.69, 9.17) is 0 Å². The van der Waals surface area contributed by atoms with Crippen molar-refractivity contribution in [1.82, 2.24) is 15.3 Å². The first-order chi connectivity index (χ1) is 8.36. The maximum absolute atomic E-state index is 4.68. The standard InChI is InChI=1S/C13H20N4/c1-2-12-16-11-8-14-7-6-10(11)13(17-12)15-9-4-3-5-9/h9,14H,2-8H2,1H3,(H,15,16,17). The number of hydrogen-bond donors (Lipinski definition) is 2. The van der Waals surface area contributed by atoms with Crippen LogP contribution in [0.5, 0.6) is 0 Å². The molecule has 0 saturated heterocycles. The molecule has 0 unspecified atom stereocenters. The fourth-order valence-electron chi connectivity index (χ4n) is 2.43. The SMILES string of the molecule is CCc1nc2c(c(NC3CCC3)n1)CCNC2. The van der Waals surface area contributed by atoms with Gasteiger partial charge in [-0.1, -0.05) is 6.92 Å². The smallest absolute Gasteiger partial charge is 0.133 e. The first-order valence-corrected chi connectivity index (χ1v) is 6.72. The second-order valence-corrected chi connectivity index (χ2v) is 4.97. The fourth-order valence-corrected chi connectivity index (χ4v) is 2.43. The average Bonchev–Trinajstić information content (AvgIpc) is 2.33. The number of aromatic nitrogens is 2. The molecule has 1 aliphatic heterocycles. The van der Waals surface area contributed by atoms with Crippen LogP contribution in [-0.2, 0) is 19.4 Å². The molecule has 0 radical (unpaired) electrons. The van der Waals surface area contributed by atoms with Gasteiger partial charge in [0.1, 0.15) is 11.6 Å². The van der Waals surface area contributed by atoms with Gasteiger partial charge in [-0.2, -0.15) is 0 Å². The molecular formula is C13H20N4. The average molecular weight is 232 g/mol. The number of anilines is 1. The molecule has 1 aromatic rings. The number of nitrogens with one attached hydrogen (secondary N) is 2. The number of hydrogen-bond acceptors (Lipinski definition) is 4. The first-order valence-electron chi connectivity index (χ1n) is 6.72. The van der Waals surface area contributed by atoms with E-state index in [1.807, 2.05) is 0 Å². The van der Waals surface area contributed by atoms with Crippen molar-refractivity contribution in [2.24, 2.45) is 0 Å². The van der Waals surface area contributed by atoms with E-state index in [9.17, 15) is 0 Å². The van der Waals surface area contributed by atoms with E-state index in [2.05, 4.69) is 27.5 Å². The molecule has 0 bridgehead atoms. The first kappa shape index (κ1) is 11.0. The van der Waals surface area contributed by atoms with Crippen molar-refractivity contribution in [3.63, 3.8) is 0 Å². The van der Waals surface area contributed by atoms with Crippen molar-refractivity contribution < 1.29 is 0 Å². The molecule has 17 heavy (non-hydrogen) atoms. The summed E-state index contributed by atoms with van der Waals surface area (Å²) in [6.07, 6.45) is 5.89. The van der Waals surface area contributed by atoms with Crippen LogP contribution in [0.1, 0.15) is 43.3 Å². The van der Waals surface area contributed by atoms with E-state index in [1.54, 1.807) is 0 Å². The second kappa shape index (κ2) is 4.61. The lowest BCUT2D eigenvalue weighted by atomic mass is 9.93. The quantitative estimate of drug-likeness (QED) is 0.832. The van der Waals surface area contributed by atoms with Crippen molar-refractivity contribution in [1.29, 1.82) is 0 Å². The normalized spacial score (nSPS) is 19.6. The zero-order valence-electron chi connectivity index (χ0n) is 10.4. The van der Waals surface area contributed by atoms with Crippen molar-refractivity contribution in [3.8, 4) is 0 Å². The largest absolute Gasteiger partial charge is 0.367 e. The summed E-state index contributed by atoms with van der Waals surface area (Å²) < 4.78 is 0. The van der Waals surface area contributed by atoms with Crippen LogP contribution in [0, 0.1) is 0 Å². The highest BCUT2D eigenvalue weighted by molar-refractivity contribution is 5.49. The molecule has 0 spiro atoms.